The van der Waals surface area contributed by atoms with E-state index in [0.29, 0.717) is 12.8 Å². The average molecular weight is 203 g/mol. The minimum Gasteiger partial charge on any atom is -0.198 e. The molecule has 0 amide bonds. The first-order valence-electron chi connectivity index (χ1n) is 5.13. The predicted molar refractivity (Wildman–Crippen MR) is 57.2 cm³/mol. The summed E-state index contributed by atoms with van der Waals surface area (Å²) in [5.41, 5.74) is -1.27. The van der Waals surface area contributed by atoms with Crippen LogP contribution in [0.1, 0.15) is 46.5 Å². The molecular formula is C12H17N3. The molecule has 3 heteroatoms. The Labute approximate surface area is 91.9 Å². The number of nitrogens with zero attached hydrogens (tertiary/aromatic N) is 3. The predicted octanol–water partition coefficient (Wildman–Crippen LogP) is 3.15. The Morgan fingerprint density at radius 2 is 1.53 bits per heavy atom. The number of unbranched alkanes of at least 4 members (excludes halogenated alkanes) is 2. The van der Waals surface area contributed by atoms with Crippen LogP contribution in [0.25, 0.3) is 0 Å². The second-order valence-electron chi connectivity index (χ2n) is 4.55. The van der Waals surface area contributed by atoms with Gasteiger partial charge in [-0.3, -0.25) is 0 Å². The highest BCUT2D eigenvalue weighted by atomic mass is 14.5. The van der Waals surface area contributed by atoms with E-state index in [1.54, 1.807) is 13.8 Å². The van der Waals surface area contributed by atoms with Crippen LogP contribution in [0.2, 0.25) is 0 Å². The molecule has 0 bridgehead atoms. The minimum atomic E-state index is -0.644. The largest absolute Gasteiger partial charge is 0.198 e. The molecular weight excluding hydrogens is 186 g/mol. The van der Waals surface area contributed by atoms with Gasteiger partial charge in [-0.1, -0.05) is 6.42 Å². The lowest BCUT2D eigenvalue weighted by Gasteiger charge is -2.33. The van der Waals surface area contributed by atoms with Gasteiger partial charge >= 0.3 is 0 Å². The van der Waals surface area contributed by atoms with Crippen LogP contribution in [0.4, 0.5) is 0 Å². The van der Waals surface area contributed by atoms with Crippen LogP contribution < -0.4 is 0 Å². The Bertz CT molecular complexity index is 324. The van der Waals surface area contributed by atoms with E-state index in [9.17, 15) is 0 Å². The molecule has 0 heterocycles. The molecule has 0 saturated carbocycles. The molecule has 0 N–H and O–H groups in total. The van der Waals surface area contributed by atoms with Crippen LogP contribution in [0.3, 0.4) is 0 Å². The summed E-state index contributed by atoms with van der Waals surface area (Å²) in [7, 11) is 0. The number of hydrogen-bond donors (Lipinski definition) is 0. The van der Waals surface area contributed by atoms with Crippen molar-refractivity contribution in [3.8, 4) is 18.2 Å². The molecule has 0 aromatic heterocycles. The molecule has 0 aromatic carbocycles. The van der Waals surface area contributed by atoms with E-state index in [1.165, 1.54) is 0 Å². The summed E-state index contributed by atoms with van der Waals surface area (Å²) in [5.74, 6) is 0. The van der Waals surface area contributed by atoms with Gasteiger partial charge in [0.25, 0.3) is 0 Å². The highest BCUT2D eigenvalue weighted by molar-refractivity contribution is 5.13. The minimum absolute atomic E-state index is 0.522. The van der Waals surface area contributed by atoms with Gasteiger partial charge in [-0.05, 0) is 33.6 Å². The smallest absolute Gasteiger partial charge is 0.0726 e. The van der Waals surface area contributed by atoms with Gasteiger partial charge in [0.15, 0.2) is 0 Å². The average Bonchev–Trinajstić information content (AvgIpc) is 2.23. The van der Waals surface area contributed by atoms with Crippen molar-refractivity contribution in [3.05, 3.63) is 0 Å². The van der Waals surface area contributed by atoms with Crippen LogP contribution in [-0.2, 0) is 0 Å². The lowest BCUT2D eigenvalue weighted by atomic mass is 9.66. The molecule has 0 spiro atoms. The lowest BCUT2D eigenvalue weighted by molar-refractivity contribution is 0.203. The molecule has 0 aliphatic heterocycles. The molecule has 0 aliphatic carbocycles. The van der Waals surface area contributed by atoms with Crippen LogP contribution >= 0.6 is 0 Å². The Morgan fingerprint density at radius 3 is 1.93 bits per heavy atom. The molecule has 0 fully saturated rings. The Morgan fingerprint density at radius 1 is 0.933 bits per heavy atom. The van der Waals surface area contributed by atoms with E-state index in [0.717, 1.165) is 12.8 Å². The number of hydrogen-bond acceptors (Lipinski definition) is 3. The molecule has 0 radical (unpaired) electrons. The van der Waals surface area contributed by atoms with Gasteiger partial charge in [0.1, 0.15) is 0 Å². The third kappa shape index (κ3) is 3.26. The van der Waals surface area contributed by atoms with Gasteiger partial charge in [-0.2, -0.15) is 15.8 Å². The van der Waals surface area contributed by atoms with Crippen molar-refractivity contribution in [2.24, 2.45) is 10.8 Å². The van der Waals surface area contributed by atoms with Crippen molar-refractivity contribution in [2.45, 2.75) is 46.5 Å². The summed E-state index contributed by atoms with van der Waals surface area (Å²) in [4.78, 5) is 0. The fourth-order valence-electron chi connectivity index (χ4n) is 1.31. The van der Waals surface area contributed by atoms with E-state index in [4.69, 9.17) is 15.8 Å². The monoisotopic (exact) mass is 203 g/mol. The number of nitriles is 3. The maximum absolute atomic E-state index is 9.14. The fourth-order valence-corrected chi connectivity index (χ4v) is 1.31. The molecule has 15 heavy (non-hydrogen) atoms. The van der Waals surface area contributed by atoms with Gasteiger partial charge in [0.05, 0.1) is 29.0 Å². The van der Waals surface area contributed by atoms with Crippen LogP contribution in [-0.4, -0.2) is 0 Å². The zero-order valence-corrected chi connectivity index (χ0v) is 9.67. The first-order chi connectivity index (χ1) is 6.93. The Kier molecular flexibility index (Phi) is 4.83. The van der Waals surface area contributed by atoms with Gasteiger partial charge in [0.2, 0.25) is 0 Å². The van der Waals surface area contributed by atoms with Crippen molar-refractivity contribution in [1.82, 2.24) is 0 Å². The Balaban J connectivity index is 4.44. The van der Waals surface area contributed by atoms with E-state index in [-0.39, 0.29) is 0 Å². The normalized spacial score (nSPS) is 14.4. The van der Waals surface area contributed by atoms with Crippen molar-refractivity contribution < 1.29 is 0 Å². The highest BCUT2D eigenvalue weighted by Gasteiger charge is 2.41. The standard InChI is InChI=1S/C12H17N3/c1-11(2,9-14)12(3,10-15)7-5-4-6-8-13/h4-7H2,1-3H3. The molecule has 1 atom stereocenters. The summed E-state index contributed by atoms with van der Waals surface area (Å²) in [6.07, 6.45) is 2.82. The van der Waals surface area contributed by atoms with Crippen molar-refractivity contribution in [2.75, 3.05) is 0 Å². The van der Waals surface area contributed by atoms with E-state index < -0.39 is 10.8 Å². The molecule has 0 rings (SSSR count). The molecule has 80 valence electrons. The van der Waals surface area contributed by atoms with Crippen LogP contribution in [0, 0.1) is 44.8 Å². The third-order valence-electron chi connectivity index (χ3n) is 3.12. The summed E-state index contributed by atoms with van der Waals surface area (Å²) in [6, 6.07) is 6.50. The van der Waals surface area contributed by atoms with Gasteiger partial charge in [0, 0.05) is 6.42 Å². The molecule has 0 aliphatic rings. The summed E-state index contributed by atoms with van der Waals surface area (Å²) in [6.45, 7) is 5.41. The molecule has 0 saturated heterocycles. The van der Waals surface area contributed by atoms with Gasteiger partial charge in [-0.25, -0.2) is 0 Å². The number of rotatable bonds is 5. The Hall–Kier alpha value is -1.53. The second-order valence-corrected chi connectivity index (χ2v) is 4.55. The highest BCUT2D eigenvalue weighted by Crippen LogP contribution is 2.41. The third-order valence-corrected chi connectivity index (χ3v) is 3.12. The van der Waals surface area contributed by atoms with Crippen molar-refractivity contribution in [1.29, 1.82) is 15.8 Å². The van der Waals surface area contributed by atoms with E-state index in [1.807, 2.05) is 6.92 Å². The quantitative estimate of drug-likeness (QED) is 0.644. The summed E-state index contributed by atoms with van der Waals surface area (Å²) < 4.78 is 0. The SMILES string of the molecule is CC(C)(C#N)C(C)(C#N)CCCCC#N. The topological polar surface area (TPSA) is 71.4 Å². The van der Waals surface area contributed by atoms with E-state index >= 15 is 0 Å². The van der Waals surface area contributed by atoms with Crippen molar-refractivity contribution >= 4 is 0 Å². The zero-order chi connectivity index (χ0) is 11.9. The maximum Gasteiger partial charge on any atom is 0.0726 e. The molecule has 0 aromatic rings. The first-order valence-corrected chi connectivity index (χ1v) is 5.13. The van der Waals surface area contributed by atoms with E-state index in [2.05, 4.69) is 18.2 Å². The molecule has 1 unspecified atom stereocenters. The van der Waals surface area contributed by atoms with Crippen LogP contribution in [0.15, 0.2) is 0 Å². The fraction of sp³-hybridized carbons (Fsp3) is 0.750. The second kappa shape index (κ2) is 5.38. The molecule has 3 nitrogen and oxygen atoms in total. The van der Waals surface area contributed by atoms with Gasteiger partial charge in [-0.15, -0.1) is 0 Å². The van der Waals surface area contributed by atoms with Crippen molar-refractivity contribution in [3.63, 3.8) is 0 Å². The van der Waals surface area contributed by atoms with Gasteiger partial charge < -0.3 is 0 Å². The lowest BCUT2D eigenvalue weighted by Crippen LogP contribution is -2.32. The summed E-state index contributed by atoms with van der Waals surface area (Å²) >= 11 is 0. The summed E-state index contributed by atoms with van der Waals surface area (Å²) in [5, 5.41) is 26.5. The zero-order valence-electron chi connectivity index (χ0n) is 9.67. The first kappa shape index (κ1) is 13.5. The van der Waals surface area contributed by atoms with Crippen LogP contribution in [0.5, 0.6) is 0 Å². The maximum atomic E-state index is 9.14.